The predicted octanol–water partition coefficient (Wildman–Crippen LogP) is 3.25. The van der Waals surface area contributed by atoms with Crippen molar-refractivity contribution in [3.05, 3.63) is 71.2 Å². The summed E-state index contributed by atoms with van der Waals surface area (Å²) < 4.78 is 2.12. The van der Waals surface area contributed by atoms with Gasteiger partial charge in [-0.2, -0.15) is 0 Å². The fraction of sp³-hybridized carbons (Fsp3) is 0.235. The smallest absolute Gasteiger partial charge is 0.140 e. The number of nitrogens with two attached hydrogens (primary N) is 1. The van der Waals surface area contributed by atoms with Gasteiger partial charge in [-0.3, -0.25) is 0 Å². The molecule has 0 spiro atoms. The molecule has 0 saturated heterocycles. The third kappa shape index (κ3) is 2.21. The van der Waals surface area contributed by atoms with Crippen LogP contribution in [0.15, 0.2) is 48.7 Å². The first kappa shape index (κ1) is 12.9. The predicted molar refractivity (Wildman–Crippen MR) is 81.8 cm³/mol. The summed E-state index contributed by atoms with van der Waals surface area (Å²) in [4.78, 5) is 4.81. The average Bonchev–Trinajstić information content (AvgIpc) is 2.79. The number of rotatable bonds is 3. The topological polar surface area (TPSA) is 43.3 Å². The lowest BCUT2D eigenvalue weighted by molar-refractivity contribution is 0.755. The van der Waals surface area contributed by atoms with Crippen molar-refractivity contribution in [2.24, 2.45) is 5.73 Å². The molecule has 3 rings (SSSR count). The SMILES string of the molecule is Cc1cccn2c(C(C)N)c(Cc3ccccc3)nc12. The Morgan fingerprint density at radius 1 is 1.15 bits per heavy atom. The molecule has 0 aliphatic heterocycles. The third-order valence-electron chi connectivity index (χ3n) is 3.60. The highest BCUT2D eigenvalue weighted by molar-refractivity contribution is 5.51. The van der Waals surface area contributed by atoms with E-state index in [0.717, 1.165) is 23.5 Å². The summed E-state index contributed by atoms with van der Waals surface area (Å²) in [5, 5.41) is 0. The molecule has 0 saturated carbocycles. The quantitative estimate of drug-likeness (QED) is 0.790. The monoisotopic (exact) mass is 265 g/mol. The van der Waals surface area contributed by atoms with Gasteiger partial charge in [0.1, 0.15) is 5.65 Å². The number of pyridine rings is 1. The van der Waals surface area contributed by atoms with E-state index in [-0.39, 0.29) is 6.04 Å². The van der Waals surface area contributed by atoms with Gasteiger partial charge in [-0.05, 0) is 31.0 Å². The maximum absolute atomic E-state index is 6.17. The fourth-order valence-corrected chi connectivity index (χ4v) is 2.67. The largest absolute Gasteiger partial charge is 0.323 e. The highest BCUT2D eigenvalue weighted by Gasteiger charge is 2.16. The Bertz CT molecular complexity index is 727. The molecule has 1 atom stereocenters. The fourth-order valence-electron chi connectivity index (χ4n) is 2.67. The van der Waals surface area contributed by atoms with E-state index < -0.39 is 0 Å². The van der Waals surface area contributed by atoms with Crippen molar-refractivity contribution >= 4 is 5.65 Å². The molecule has 2 aromatic heterocycles. The zero-order chi connectivity index (χ0) is 14.1. The number of fused-ring (bicyclic) bond motifs is 1. The number of benzene rings is 1. The maximum Gasteiger partial charge on any atom is 0.140 e. The van der Waals surface area contributed by atoms with Crippen molar-refractivity contribution in [2.75, 3.05) is 0 Å². The van der Waals surface area contributed by atoms with Crippen LogP contribution in [0, 0.1) is 6.92 Å². The van der Waals surface area contributed by atoms with Gasteiger partial charge in [0, 0.05) is 18.7 Å². The summed E-state index contributed by atoms with van der Waals surface area (Å²) in [6.07, 6.45) is 2.86. The Labute approximate surface area is 119 Å². The Hall–Kier alpha value is -2.13. The van der Waals surface area contributed by atoms with Crippen LogP contribution in [-0.2, 0) is 6.42 Å². The molecule has 20 heavy (non-hydrogen) atoms. The molecule has 0 aliphatic rings. The molecule has 0 fully saturated rings. The number of aryl methyl sites for hydroxylation is 1. The van der Waals surface area contributed by atoms with Gasteiger partial charge in [0.25, 0.3) is 0 Å². The molecular weight excluding hydrogens is 246 g/mol. The van der Waals surface area contributed by atoms with E-state index in [0.29, 0.717) is 0 Å². The second-order valence-electron chi connectivity index (χ2n) is 5.28. The molecule has 0 amide bonds. The van der Waals surface area contributed by atoms with Crippen molar-refractivity contribution in [1.82, 2.24) is 9.38 Å². The van der Waals surface area contributed by atoms with Crippen LogP contribution in [0.4, 0.5) is 0 Å². The summed E-state index contributed by atoms with van der Waals surface area (Å²) in [6, 6.07) is 14.5. The Morgan fingerprint density at radius 3 is 2.60 bits per heavy atom. The zero-order valence-corrected chi connectivity index (χ0v) is 11.9. The van der Waals surface area contributed by atoms with Crippen molar-refractivity contribution in [3.8, 4) is 0 Å². The number of hydrogen-bond donors (Lipinski definition) is 1. The summed E-state index contributed by atoms with van der Waals surface area (Å²) in [7, 11) is 0. The van der Waals surface area contributed by atoms with E-state index in [2.05, 4.69) is 41.7 Å². The van der Waals surface area contributed by atoms with E-state index in [1.54, 1.807) is 0 Å². The second kappa shape index (κ2) is 5.10. The van der Waals surface area contributed by atoms with Crippen LogP contribution in [0.5, 0.6) is 0 Å². The van der Waals surface area contributed by atoms with Crippen molar-refractivity contribution in [2.45, 2.75) is 26.3 Å². The first-order valence-corrected chi connectivity index (χ1v) is 6.93. The van der Waals surface area contributed by atoms with Crippen LogP contribution >= 0.6 is 0 Å². The molecule has 1 aromatic carbocycles. The molecule has 3 aromatic rings. The van der Waals surface area contributed by atoms with E-state index in [1.165, 1.54) is 11.1 Å². The van der Waals surface area contributed by atoms with Gasteiger partial charge >= 0.3 is 0 Å². The van der Waals surface area contributed by atoms with E-state index in [9.17, 15) is 0 Å². The lowest BCUT2D eigenvalue weighted by Gasteiger charge is -2.09. The van der Waals surface area contributed by atoms with Crippen molar-refractivity contribution in [1.29, 1.82) is 0 Å². The number of nitrogens with zero attached hydrogens (tertiary/aromatic N) is 2. The normalized spacial score (nSPS) is 12.8. The van der Waals surface area contributed by atoms with Crippen LogP contribution in [0.3, 0.4) is 0 Å². The molecule has 1 unspecified atom stereocenters. The maximum atomic E-state index is 6.17. The number of imidazole rings is 1. The molecule has 0 bridgehead atoms. The molecule has 3 heteroatoms. The number of aromatic nitrogens is 2. The first-order chi connectivity index (χ1) is 9.66. The summed E-state index contributed by atoms with van der Waals surface area (Å²) in [5.41, 5.74) is 11.8. The van der Waals surface area contributed by atoms with Crippen LogP contribution in [0.2, 0.25) is 0 Å². The van der Waals surface area contributed by atoms with Gasteiger partial charge in [-0.15, -0.1) is 0 Å². The van der Waals surface area contributed by atoms with Gasteiger partial charge in [0.05, 0.1) is 11.4 Å². The highest BCUT2D eigenvalue weighted by atomic mass is 15.0. The Morgan fingerprint density at radius 2 is 1.90 bits per heavy atom. The van der Waals surface area contributed by atoms with Crippen LogP contribution in [0.25, 0.3) is 5.65 Å². The average molecular weight is 265 g/mol. The second-order valence-corrected chi connectivity index (χ2v) is 5.28. The number of hydrogen-bond acceptors (Lipinski definition) is 2. The van der Waals surface area contributed by atoms with E-state index in [4.69, 9.17) is 10.7 Å². The van der Waals surface area contributed by atoms with Gasteiger partial charge in [0.15, 0.2) is 0 Å². The van der Waals surface area contributed by atoms with Crippen LogP contribution < -0.4 is 5.73 Å². The van der Waals surface area contributed by atoms with Crippen LogP contribution in [-0.4, -0.2) is 9.38 Å². The first-order valence-electron chi connectivity index (χ1n) is 6.93. The summed E-state index contributed by atoms with van der Waals surface area (Å²) in [6.45, 7) is 4.10. The summed E-state index contributed by atoms with van der Waals surface area (Å²) in [5.74, 6) is 0. The van der Waals surface area contributed by atoms with E-state index >= 15 is 0 Å². The molecule has 2 N–H and O–H groups in total. The van der Waals surface area contributed by atoms with Crippen LogP contribution in [0.1, 0.15) is 35.5 Å². The standard InChI is InChI=1S/C17H19N3/c1-12-7-6-10-20-16(13(2)18)15(19-17(12)20)11-14-8-4-3-5-9-14/h3-10,13H,11,18H2,1-2H3. The molecular formula is C17H19N3. The van der Waals surface area contributed by atoms with Crippen molar-refractivity contribution < 1.29 is 0 Å². The lowest BCUT2D eigenvalue weighted by Crippen LogP contribution is -2.11. The van der Waals surface area contributed by atoms with Gasteiger partial charge in [-0.1, -0.05) is 36.4 Å². The molecule has 3 nitrogen and oxygen atoms in total. The lowest BCUT2D eigenvalue weighted by atomic mass is 10.1. The molecule has 102 valence electrons. The Kier molecular flexibility index (Phi) is 3.28. The van der Waals surface area contributed by atoms with Gasteiger partial charge in [0.2, 0.25) is 0 Å². The van der Waals surface area contributed by atoms with Gasteiger partial charge in [-0.25, -0.2) is 4.98 Å². The molecule has 0 radical (unpaired) electrons. The van der Waals surface area contributed by atoms with Crippen molar-refractivity contribution in [3.63, 3.8) is 0 Å². The minimum atomic E-state index is -0.0366. The molecule has 2 heterocycles. The highest BCUT2D eigenvalue weighted by Crippen LogP contribution is 2.22. The zero-order valence-electron chi connectivity index (χ0n) is 11.9. The Balaban J connectivity index is 2.15. The van der Waals surface area contributed by atoms with E-state index in [1.807, 2.05) is 25.3 Å². The van der Waals surface area contributed by atoms with Gasteiger partial charge < -0.3 is 10.1 Å². The minimum absolute atomic E-state index is 0.0366. The summed E-state index contributed by atoms with van der Waals surface area (Å²) >= 11 is 0. The minimum Gasteiger partial charge on any atom is -0.323 e. The molecule has 0 aliphatic carbocycles. The third-order valence-corrected chi connectivity index (χ3v) is 3.60.